The Morgan fingerprint density at radius 1 is 1.15 bits per heavy atom. The second-order valence-electron chi connectivity index (χ2n) is 6.22. The molecule has 1 atom stereocenters. The lowest BCUT2D eigenvalue weighted by Gasteiger charge is -2.25. The summed E-state index contributed by atoms with van der Waals surface area (Å²) >= 11 is 6.22. The number of carbonyl (C=O) groups is 1. The third-order valence-corrected chi connectivity index (χ3v) is 6.38. The highest BCUT2D eigenvalue weighted by molar-refractivity contribution is 7.92. The SMILES string of the molecule is O=C(CN(c1ccccc1Cl)S(=O)(=O)c1ccccc1)NCC1CCCO1. The van der Waals surface area contributed by atoms with Gasteiger partial charge in [0.2, 0.25) is 5.91 Å². The third-order valence-electron chi connectivity index (χ3n) is 4.29. The van der Waals surface area contributed by atoms with E-state index in [2.05, 4.69) is 5.32 Å². The molecular weight excluding hydrogens is 388 g/mol. The number of nitrogens with one attached hydrogen (secondary N) is 1. The molecule has 1 N–H and O–H groups in total. The molecule has 1 aliphatic rings. The number of nitrogens with zero attached hydrogens (tertiary/aromatic N) is 1. The van der Waals surface area contributed by atoms with E-state index in [4.69, 9.17) is 16.3 Å². The summed E-state index contributed by atoms with van der Waals surface area (Å²) in [7, 11) is -3.95. The summed E-state index contributed by atoms with van der Waals surface area (Å²) in [5, 5.41) is 3.01. The van der Waals surface area contributed by atoms with Crippen LogP contribution in [0.2, 0.25) is 5.02 Å². The van der Waals surface area contributed by atoms with Crippen LogP contribution in [0, 0.1) is 0 Å². The Morgan fingerprint density at radius 2 is 1.85 bits per heavy atom. The number of benzene rings is 2. The summed E-state index contributed by atoms with van der Waals surface area (Å²) < 4.78 is 32.8. The summed E-state index contributed by atoms with van der Waals surface area (Å²) in [6, 6.07) is 14.5. The molecule has 1 unspecified atom stereocenters. The van der Waals surface area contributed by atoms with Crippen molar-refractivity contribution in [1.82, 2.24) is 5.32 Å². The molecule has 0 radical (unpaired) electrons. The molecule has 3 rings (SSSR count). The molecule has 27 heavy (non-hydrogen) atoms. The lowest BCUT2D eigenvalue weighted by molar-refractivity contribution is -0.120. The van der Waals surface area contributed by atoms with E-state index in [1.165, 1.54) is 12.1 Å². The molecule has 0 spiro atoms. The van der Waals surface area contributed by atoms with Crippen LogP contribution < -0.4 is 9.62 Å². The second kappa shape index (κ2) is 8.73. The van der Waals surface area contributed by atoms with Gasteiger partial charge in [-0.2, -0.15) is 0 Å². The van der Waals surface area contributed by atoms with Gasteiger partial charge in [0.1, 0.15) is 6.54 Å². The van der Waals surface area contributed by atoms with Crippen molar-refractivity contribution in [2.75, 3.05) is 24.0 Å². The van der Waals surface area contributed by atoms with Gasteiger partial charge in [0.15, 0.2) is 0 Å². The van der Waals surface area contributed by atoms with Crippen LogP contribution in [0.25, 0.3) is 0 Å². The summed E-state index contributed by atoms with van der Waals surface area (Å²) in [6.07, 6.45) is 1.83. The van der Waals surface area contributed by atoms with Crippen LogP contribution in [0.15, 0.2) is 59.5 Å². The van der Waals surface area contributed by atoms with Crippen molar-refractivity contribution in [1.29, 1.82) is 0 Å². The first-order valence-corrected chi connectivity index (χ1v) is 10.5. The Morgan fingerprint density at radius 3 is 2.52 bits per heavy atom. The highest BCUT2D eigenvalue weighted by Crippen LogP contribution is 2.30. The Labute approximate surface area is 164 Å². The molecule has 0 saturated carbocycles. The topological polar surface area (TPSA) is 75.7 Å². The maximum absolute atomic E-state index is 13.1. The quantitative estimate of drug-likeness (QED) is 0.764. The van der Waals surface area contributed by atoms with E-state index in [1.807, 2.05) is 0 Å². The molecule has 144 valence electrons. The van der Waals surface area contributed by atoms with Gasteiger partial charge in [0.25, 0.3) is 10.0 Å². The van der Waals surface area contributed by atoms with Crippen LogP contribution in [0.5, 0.6) is 0 Å². The normalized spacial score (nSPS) is 16.9. The van der Waals surface area contributed by atoms with E-state index in [1.54, 1.807) is 42.5 Å². The largest absolute Gasteiger partial charge is 0.376 e. The average Bonchev–Trinajstić information content (AvgIpc) is 3.19. The number of carbonyl (C=O) groups excluding carboxylic acids is 1. The third kappa shape index (κ3) is 4.80. The van der Waals surface area contributed by atoms with Gasteiger partial charge in [-0.1, -0.05) is 41.9 Å². The molecule has 1 saturated heterocycles. The maximum Gasteiger partial charge on any atom is 0.264 e. The zero-order chi connectivity index (χ0) is 19.3. The number of rotatable bonds is 7. The van der Waals surface area contributed by atoms with E-state index >= 15 is 0 Å². The number of amides is 1. The molecule has 0 aliphatic carbocycles. The van der Waals surface area contributed by atoms with Crippen LogP contribution in [-0.4, -0.2) is 40.1 Å². The molecule has 6 nitrogen and oxygen atoms in total. The van der Waals surface area contributed by atoms with E-state index in [0.29, 0.717) is 13.2 Å². The molecule has 8 heteroatoms. The van der Waals surface area contributed by atoms with E-state index in [0.717, 1.165) is 17.1 Å². The summed E-state index contributed by atoms with van der Waals surface area (Å²) in [5.74, 6) is -0.412. The fourth-order valence-electron chi connectivity index (χ4n) is 2.89. The van der Waals surface area contributed by atoms with E-state index in [9.17, 15) is 13.2 Å². The van der Waals surface area contributed by atoms with Gasteiger partial charge in [-0.15, -0.1) is 0 Å². The lowest BCUT2D eigenvalue weighted by Crippen LogP contribution is -2.43. The number of sulfonamides is 1. The van der Waals surface area contributed by atoms with Crippen molar-refractivity contribution in [2.24, 2.45) is 0 Å². The molecule has 0 bridgehead atoms. The van der Waals surface area contributed by atoms with Crippen molar-refractivity contribution in [2.45, 2.75) is 23.8 Å². The monoisotopic (exact) mass is 408 g/mol. The van der Waals surface area contributed by atoms with Crippen LogP contribution in [-0.2, 0) is 19.6 Å². The zero-order valence-corrected chi connectivity index (χ0v) is 16.2. The number of ether oxygens (including phenoxy) is 1. The molecule has 2 aromatic carbocycles. The highest BCUT2D eigenvalue weighted by atomic mass is 35.5. The van der Waals surface area contributed by atoms with E-state index in [-0.39, 0.29) is 28.3 Å². The van der Waals surface area contributed by atoms with Crippen LogP contribution in [0.4, 0.5) is 5.69 Å². The first kappa shape index (κ1) is 19.7. The number of para-hydroxylation sites is 1. The van der Waals surface area contributed by atoms with Crippen molar-refractivity contribution >= 4 is 33.2 Å². The van der Waals surface area contributed by atoms with Gasteiger partial charge in [0.05, 0.1) is 21.7 Å². The Kier molecular flexibility index (Phi) is 6.36. The Bertz CT molecular complexity index is 884. The number of hydrogen-bond acceptors (Lipinski definition) is 4. The molecule has 1 fully saturated rings. The fraction of sp³-hybridized carbons (Fsp3) is 0.316. The van der Waals surface area contributed by atoms with Gasteiger partial charge < -0.3 is 10.1 Å². The standard InChI is InChI=1S/C19H21ClN2O4S/c20-17-10-4-5-11-18(17)22(27(24,25)16-8-2-1-3-9-16)14-19(23)21-13-15-7-6-12-26-15/h1-5,8-11,15H,6-7,12-14H2,(H,21,23). The summed E-state index contributed by atoms with van der Waals surface area (Å²) in [4.78, 5) is 12.6. The van der Waals surface area contributed by atoms with Crippen molar-refractivity contribution in [3.8, 4) is 0 Å². The minimum atomic E-state index is -3.95. The molecule has 1 aliphatic heterocycles. The zero-order valence-electron chi connectivity index (χ0n) is 14.7. The molecule has 1 heterocycles. The van der Waals surface area contributed by atoms with Gasteiger partial charge in [-0.05, 0) is 37.1 Å². The minimum Gasteiger partial charge on any atom is -0.376 e. The minimum absolute atomic E-state index is 0.0200. The molecule has 2 aromatic rings. The molecule has 1 amide bonds. The summed E-state index contributed by atoms with van der Waals surface area (Å²) in [5.41, 5.74) is 0.260. The maximum atomic E-state index is 13.1. The van der Waals surface area contributed by atoms with Crippen molar-refractivity contribution in [3.05, 3.63) is 59.6 Å². The van der Waals surface area contributed by atoms with Crippen LogP contribution >= 0.6 is 11.6 Å². The van der Waals surface area contributed by atoms with Crippen LogP contribution in [0.1, 0.15) is 12.8 Å². The smallest absolute Gasteiger partial charge is 0.264 e. The molecule has 0 aromatic heterocycles. The average molecular weight is 409 g/mol. The summed E-state index contributed by atoms with van der Waals surface area (Å²) in [6.45, 7) is 0.683. The molecular formula is C19H21ClN2O4S. The van der Waals surface area contributed by atoms with Gasteiger partial charge >= 0.3 is 0 Å². The fourth-order valence-corrected chi connectivity index (χ4v) is 4.64. The predicted molar refractivity (Wildman–Crippen MR) is 104 cm³/mol. The van der Waals surface area contributed by atoms with Crippen LogP contribution in [0.3, 0.4) is 0 Å². The highest BCUT2D eigenvalue weighted by Gasteiger charge is 2.28. The Hall–Kier alpha value is -2.09. The predicted octanol–water partition coefficient (Wildman–Crippen LogP) is 2.83. The van der Waals surface area contributed by atoms with Gasteiger partial charge in [0, 0.05) is 13.2 Å². The lowest BCUT2D eigenvalue weighted by atomic mass is 10.2. The number of halogens is 1. The number of hydrogen-bond donors (Lipinski definition) is 1. The first-order valence-electron chi connectivity index (χ1n) is 8.69. The van der Waals surface area contributed by atoms with Crippen molar-refractivity contribution < 1.29 is 17.9 Å². The van der Waals surface area contributed by atoms with Gasteiger partial charge in [-0.25, -0.2) is 8.42 Å². The Balaban J connectivity index is 1.84. The van der Waals surface area contributed by atoms with E-state index < -0.39 is 15.9 Å². The second-order valence-corrected chi connectivity index (χ2v) is 8.48. The van der Waals surface area contributed by atoms with Crippen molar-refractivity contribution in [3.63, 3.8) is 0 Å². The van der Waals surface area contributed by atoms with Gasteiger partial charge in [-0.3, -0.25) is 9.10 Å². The first-order chi connectivity index (χ1) is 13.0. The number of anilines is 1.